The second-order valence-electron chi connectivity index (χ2n) is 3.98. The van der Waals surface area contributed by atoms with Crippen molar-refractivity contribution in [3.05, 3.63) is 38.7 Å². The van der Waals surface area contributed by atoms with E-state index in [1.165, 1.54) is 7.11 Å². The van der Waals surface area contributed by atoms with Gasteiger partial charge in [-0.1, -0.05) is 21.0 Å². The van der Waals surface area contributed by atoms with Crippen molar-refractivity contribution in [3.63, 3.8) is 0 Å². The number of halogens is 1. The van der Waals surface area contributed by atoms with Crippen molar-refractivity contribution in [2.45, 2.75) is 12.5 Å². The smallest absolute Gasteiger partial charge is 0.239 e. The van der Waals surface area contributed by atoms with Gasteiger partial charge in [0.05, 0.1) is 7.11 Å². The number of azide groups is 1. The van der Waals surface area contributed by atoms with Crippen LogP contribution in [0.1, 0.15) is 18.0 Å². The van der Waals surface area contributed by atoms with Crippen LogP contribution in [-0.4, -0.2) is 26.1 Å². The van der Waals surface area contributed by atoms with Crippen LogP contribution in [0.4, 0.5) is 0 Å². The van der Waals surface area contributed by atoms with Crippen LogP contribution in [-0.2, 0) is 4.79 Å². The van der Waals surface area contributed by atoms with Crippen LogP contribution >= 0.6 is 15.9 Å². The highest BCUT2D eigenvalue weighted by atomic mass is 79.9. The third kappa shape index (κ3) is 4.73. The van der Waals surface area contributed by atoms with Gasteiger partial charge in [-0.05, 0) is 36.7 Å². The van der Waals surface area contributed by atoms with Crippen molar-refractivity contribution in [2.75, 3.05) is 20.2 Å². The lowest BCUT2D eigenvalue weighted by Gasteiger charge is -2.18. The third-order valence-corrected chi connectivity index (χ3v) is 3.13. The quantitative estimate of drug-likeness (QED) is 0.327. The van der Waals surface area contributed by atoms with Gasteiger partial charge in [0.15, 0.2) is 0 Å². The molecule has 0 saturated heterocycles. The molecule has 1 aromatic rings. The molecule has 1 amide bonds. The second-order valence-corrected chi connectivity index (χ2v) is 4.90. The molecule has 1 unspecified atom stereocenters. The van der Waals surface area contributed by atoms with Crippen LogP contribution in [0.25, 0.3) is 10.4 Å². The minimum atomic E-state index is -0.659. The van der Waals surface area contributed by atoms with E-state index < -0.39 is 11.9 Å². The average molecular weight is 342 g/mol. The normalized spacial score (nSPS) is 11.5. The lowest BCUT2D eigenvalue weighted by Crippen LogP contribution is -2.34. The van der Waals surface area contributed by atoms with Crippen molar-refractivity contribution in [1.29, 1.82) is 0 Å². The molecular formula is C12H16BrN5O2. The number of carbonyl (C=O) groups is 1. The Hall–Kier alpha value is -1.76. The molecule has 1 rings (SSSR count). The van der Waals surface area contributed by atoms with Crippen molar-refractivity contribution in [1.82, 2.24) is 5.32 Å². The number of amides is 1. The molecule has 0 fully saturated rings. The van der Waals surface area contributed by atoms with Gasteiger partial charge in [-0.3, -0.25) is 4.79 Å². The van der Waals surface area contributed by atoms with Gasteiger partial charge in [-0.15, -0.1) is 0 Å². The SMILES string of the molecule is COc1ccc(Br)cc1C(NCCCN=[N+]=[N-])C(N)=O. The molecule has 0 spiro atoms. The molecule has 1 atom stereocenters. The summed E-state index contributed by atoms with van der Waals surface area (Å²) >= 11 is 3.35. The summed E-state index contributed by atoms with van der Waals surface area (Å²) < 4.78 is 6.07. The van der Waals surface area contributed by atoms with Gasteiger partial charge in [0, 0.05) is 21.5 Å². The van der Waals surface area contributed by atoms with Crippen LogP contribution in [0.15, 0.2) is 27.8 Å². The number of rotatable bonds is 8. The topological polar surface area (TPSA) is 113 Å². The van der Waals surface area contributed by atoms with Gasteiger partial charge in [0.2, 0.25) is 5.91 Å². The minimum Gasteiger partial charge on any atom is -0.496 e. The zero-order chi connectivity index (χ0) is 15.0. The molecule has 0 radical (unpaired) electrons. The Bertz CT molecular complexity index is 517. The fourth-order valence-corrected chi connectivity index (χ4v) is 2.11. The fourth-order valence-electron chi connectivity index (χ4n) is 1.74. The number of nitrogens with two attached hydrogens (primary N) is 1. The number of nitrogens with one attached hydrogen (secondary N) is 1. The first-order valence-electron chi connectivity index (χ1n) is 5.97. The van der Waals surface area contributed by atoms with Gasteiger partial charge in [0.1, 0.15) is 11.8 Å². The molecule has 1 aromatic carbocycles. The molecule has 0 aliphatic rings. The fraction of sp³-hybridized carbons (Fsp3) is 0.417. The number of ether oxygens (including phenoxy) is 1. The Labute approximate surface area is 125 Å². The number of methoxy groups -OCH3 is 1. The van der Waals surface area contributed by atoms with E-state index in [9.17, 15) is 4.79 Å². The first-order valence-corrected chi connectivity index (χ1v) is 6.76. The number of benzene rings is 1. The Morgan fingerprint density at radius 3 is 3.00 bits per heavy atom. The first kappa shape index (κ1) is 16.3. The van der Waals surface area contributed by atoms with E-state index in [1.807, 2.05) is 6.07 Å². The molecule has 3 N–H and O–H groups in total. The summed E-state index contributed by atoms with van der Waals surface area (Å²) in [6, 6.07) is 4.71. The maximum Gasteiger partial charge on any atom is 0.239 e. The van der Waals surface area contributed by atoms with Crippen molar-refractivity contribution in [2.24, 2.45) is 10.8 Å². The number of hydrogen-bond acceptors (Lipinski definition) is 4. The van der Waals surface area contributed by atoms with E-state index >= 15 is 0 Å². The Kier molecular flexibility index (Phi) is 6.86. The summed E-state index contributed by atoms with van der Waals surface area (Å²) in [5.74, 6) is 0.0877. The van der Waals surface area contributed by atoms with Crippen LogP contribution < -0.4 is 15.8 Å². The highest BCUT2D eigenvalue weighted by molar-refractivity contribution is 9.10. The number of nitrogens with zero attached hydrogens (tertiary/aromatic N) is 3. The van der Waals surface area contributed by atoms with Gasteiger partial charge < -0.3 is 15.8 Å². The van der Waals surface area contributed by atoms with Crippen LogP contribution in [0.5, 0.6) is 5.75 Å². The predicted molar refractivity (Wildman–Crippen MR) is 79.3 cm³/mol. The van der Waals surface area contributed by atoms with Crippen molar-refractivity contribution < 1.29 is 9.53 Å². The van der Waals surface area contributed by atoms with Crippen LogP contribution in [0.2, 0.25) is 0 Å². The van der Waals surface area contributed by atoms with Crippen LogP contribution in [0.3, 0.4) is 0 Å². The molecule has 0 aliphatic heterocycles. The largest absolute Gasteiger partial charge is 0.496 e. The summed E-state index contributed by atoms with van der Waals surface area (Å²) in [4.78, 5) is 14.3. The predicted octanol–water partition coefficient (Wildman–Crippen LogP) is 2.27. The summed E-state index contributed by atoms with van der Waals surface area (Å²) in [5, 5.41) is 6.46. The first-order chi connectivity index (χ1) is 9.60. The number of hydrogen-bond donors (Lipinski definition) is 2. The Morgan fingerprint density at radius 2 is 2.40 bits per heavy atom. The summed E-state index contributed by atoms with van der Waals surface area (Å²) in [5.41, 5.74) is 14.3. The molecule has 0 saturated carbocycles. The maximum atomic E-state index is 11.6. The molecule has 20 heavy (non-hydrogen) atoms. The maximum absolute atomic E-state index is 11.6. The van der Waals surface area contributed by atoms with Gasteiger partial charge in [0.25, 0.3) is 0 Å². The molecule has 0 aliphatic carbocycles. The van der Waals surface area contributed by atoms with E-state index in [-0.39, 0.29) is 0 Å². The average Bonchev–Trinajstić information content (AvgIpc) is 2.42. The summed E-state index contributed by atoms with van der Waals surface area (Å²) in [6.07, 6.45) is 0.615. The highest BCUT2D eigenvalue weighted by Crippen LogP contribution is 2.28. The standard InChI is InChI=1S/C12H16BrN5O2/c1-20-10-4-3-8(13)7-9(10)11(12(14)19)16-5-2-6-17-18-15/h3-4,7,11,16H,2,5-6H2,1H3,(H2,14,19). The molecule has 0 bridgehead atoms. The zero-order valence-corrected chi connectivity index (χ0v) is 12.6. The summed E-state index contributed by atoms with van der Waals surface area (Å²) in [7, 11) is 1.53. The highest BCUT2D eigenvalue weighted by Gasteiger charge is 2.21. The minimum absolute atomic E-state index is 0.366. The van der Waals surface area contributed by atoms with E-state index in [0.29, 0.717) is 30.8 Å². The molecule has 7 nitrogen and oxygen atoms in total. The third-order valence-electron chi connectivity index (χ3n) is 2.63. The second kappa shape index (κ2) is 8.42. The molecule has 108 valence electrons. The van der Waals surface area contributed by atoms with E-state index in [4.69, 9.17) is 16.0 Å². The molecule has 8 heteroatoms. The molecule has 0 aromatic heterocycles. The Balaban J connectivity index is 2.82. The van der Waals surface area contributed by atoms with Gasteiger partial charge in [-0.2, -0.15) is 0 Å². The zero-order valence-electron chi connectivity index (χ0n) is 11.0. The summed E-state index contributed by atoms with van der Waals surface area (Å²) in [6.45, 7) is 0.868. The van der Waals surface area contributed by atoms with Gasteiger partial charge >= 0.3 is 0 Å². The van der Waals surface area contributed by atoms with E-state index in [1.54, 1.807) is 12.1 Å². The number of carbonyl (C=O) groups excluding carboxylic acids is 1. The van der Waals surface area contributed by atoms with Crippen molar-refractivity contribution >= 4 is 21.8 Å². The number of primary amides is 1. The molecule has 0 heterocycles. The molecular weight excluding hydrogens is 326 g/mol. The monoisotopic (exact) mass is 341 g/mol. The van der Waals surface area contributed by atoms with E-state index in [2.05, 4.69) is 31.3 Å². The lowest BCUT2D eigenvalue weighted by atomic mass is 10.0. The van der Waals surface area contributed by atoms with Crippen LogP contribution in [0, 0.1) is 0 Å². The van der Waals surface area contributed by atoms with Crippen molar-refractivity contribution in [3.8, 4) is 5.75 Å². The lowest BCUT2D eigenvalue weighted by molar-refractivity contribution is -0.120. The van der Waals surface area contributed by atoms with E-state index in [0.717, 1.165) is 4.47 Å². The Morgan fingerprint density at radius 1 is 1.65 bits per heavy atom. The van der Waals surface area contributed by atoms with Gasteiger partial charge in [-0.25, -0.2) is 0 Å².